The molecule has 6 rings (SSSR count). The predicted molar refractivity (Wildman–Crippen MR) is 179 cm³/mol. The molecule has 244 valence electrons. The minimum atomic E-state index is -0.863. The van der Waals surface area contributed by atoms with Crippen LogP contribution in [0.3, 0.4) is 0 Å². The van der Waals surface area contributed by atoms with Crippen molar-refractivity contribution in [2.75, 3.05) is 39.6 Å². The van der Waals surface area contributed by atoms with Crippen molar-refractivity contribution in [2.24, 2.45) is 0 Å². The molecule has 0 spiro atoms. The highest BCUT2D eigenvalue weighted by Crippen LogP contribution is 2.34. The summed E-state index contributed by atoms with van der Waals surface area (Å²) >= 11 is 0. The molecular weight excluding hydrogens is 580 g/mol. The van der Waals surface area contributed by atoms with Crippen molar-refractivity contribution in [3.05, 3.63) is 125 Å². The minimum Gasteiger partial charge on any atom is -0.491 e. The molecule has 0 radical (unpaired) electrons. The average Bonchev–Trinajstić information content (AvgIpc) is 4.03. The Morgan fingerprint density at radius 3 is 1.28 bits per heavy atom. The first-order valence-corrected chi connectivity index (χ1v) is 15.9. The first-order valence-electron chi connectivity index (χ1n) is 15.9. The van der Waals surface area contributed by atoms with Crippen LogP contribution in [0, 0.1) is 0 Å². The van der Waals surface area contributed by atoms with E-state index < -0.39 is 6.10 Å². The summed E-state index contributed by atoms with van der Waals surface area (Å²) in [4.78, 5) is 0. The number of epoxide rings is 2. The Morgan fingerprint density at radius 2 is 0.935 bits per heavy atom. The third-order valence-electron chi connectivity index (χ3n) is 8.55. The van der Waals surface area contributed by atoms with Crippen molar-refractivity contribution in [3.8, 4) is 17.2 Å². The highest BCUT2D eigenvalue weighted by atomic mass is 16.6. The Bertz CT molecular complexity index is 1470. The van der Waals surface area contributed by atoms with Crippen molar-refractivity contribution in [2.45, 2.75) is 56.8 Å². The molecule has 3 atom stereocenters. The van der Waals surface area contributed by atoms with E-state index in [4.69, 9.17) is 28.8 Å². The lowest BCUT2D eigenvalue weighted by Crippen LogP contribution is -2.21. The summed E-state index contributed by atoms with van der Waals surface area (Å²) < 4.78 is 27.1. The molecule has 2 N–H and O–H groups in total. The number of ether oxygens (including phenoxy) is 5. The van der Waals surface area contributed by atoms with E-state index >= 15 is 0 Å². The van der Waals surface area contributed by atoms with E-state index in [0.717, 1.165) is 30.3 Å². The van der Waals surface area contributed by atoms with Crippen molar-refractivity contribution < 1.29 is 33.9 Å². The fourth-order valence-electron chi connectivity index (χ4n) is 5.04. The number of benzene rings is 4. The van der Waals surface area contributed by atoms with Crippen molar-refractivity contribution in [1.82, 2.24) is 0 Å². The number of aliphatic hydroxyl groups is 2. The maximum atomic E-state index is 9.35. The molecule has 4 aromatic carbocycles. The van der Waals surface area contributed by atoms with Gasteiger partial charge in [-0.1, -0.05) is 94.4 Å². The molecule has 2 fully saturated rings. The largest absolute Gasteiger partial charge is 0.491 e. The molecule has 0 aromatic heterocycles. The maximum Gasteiger partial charge on any atom is 0.119 e. The zero-order valence-corrected chi connectivity index (χ0v) is 27.2. The first-order chi connectivity index (χ1) is 22.1. The van der Waals surface area contributed by atoms with E-state index in [2.05, 4.69) is 82.3 Å². The summed E-state index contributed by atoms with van der Waals surface area (Å²) in [5.41, 5.74) is 4.80. The highest BCUT2D eigenvalue weighted by Gasteiger charge is 2.26. The van der Waals surface area contributed by atoms with Crippen LogP contribution in [0.25, 0.3) is 0 Å². The van der Waals surface area contributed by atoms with Crippen LogP contribution in [-0.2, 0) is 20.3 Å². The van der Waals surface area contributed by atoms with E-state index in [9.17, 15) is 5.11 Å². The number of hydrogen-bond donors (Lipinski definition) is 2. The number of rotatable bonds is 14. The molecule has 3 unspecified atom stereocenters. The van der Waals surface area contributed by atoms with E-state index in [1.165, 1.54) is 16.7 Å². The molecule has 7 heteroatoms. The predicted octanol–water partition coefficient (Wildman–Crippen LogP) is 6.31. The molecule has 46 heavy (non-hydrogen) atoms. The molecule has 2 saturated heterocycles. The summed E-state index contributed by atoms with van der Waals surface area (Å²) in [7, 11) is 0. The molecule has 0 saturated carbocycles. The van der Waals surface area contributed by atoms with Crippen molar-refractivity contribution in [1.29, 1.82) is 0 Å². The Hall–Kier alpha value is -3.88. The zero-order chi connectivity index (χ0) is 32.6. The second-order valence-corrected chi connectivity index (χ2v) is 12.9. The molecule has 2 aliphatic heterocycles. The van der Waals surface area contributed by atoms with E-state index in [1.807, 2.05) is 48.5 Å². The summed E-state index contributed by atoms with van der Waals surface area (Å²) in [6.07, 6.45) is -0.306. The normalized spacial score (nSPS) is 17.7. The second kappa shape index (κ2) is 15.1. The van der Waals surface area contributed by atoms with Crippen LogP contribution in [0.5, 0.6) is 17.2 Å². The molecule has 0 amide bonds. The number of hydrogen-bond acceptors (Lipinski definition) is 7. The molecule has 2 heterocycles. The van der Waals surface area contributed by atoms with Gasteiger partial charge in [-0.25, -0.2) is 0 Å². The van der Waals surface area contributed by atoms with Gasteiger partial charge in [-0.05, 0) is 58.7 Å². The SMILES string of the molecule is CC(C)(c1ccc(OCC(O)CO)cc1)c1ccc(OCC2CO2)cc1.CC(C)(c1ccccc1)c1ccc(OCC2CO2)cc1. The van der Waals surface area contributed by atoms with Crippen LogP contribution in [0.15, 0.2) is 103 Å². The van der Waals surface area contributed by atoms with Gasteiger partial charge in [0.25, 0.3) is 0 Å². The fourth-order valence-corrected chi connectivity index (χ4v) is 5.04. The van der Waals surface area contributed by atoms with E-state index in [-0.39, 0.29) is 30.1 Å². The summed E-state index contributed by atoms with van der Waals surface area (Å²) in [5, 5.41) is 18.2. The lowest BCUT2D eigenvalue weighted by Gasteiger charge is -2.26. The van der Waals surface area contributed by atoms with Gasteiger partial charge in [-0.2, -0.15) is 0 Å². The molecule has 2 aliphatic rings. The Labute approximate surface area is 272 Å². The third kappa shape index (κ3) is 9.33. The van der Waals surface area contributed by atoms with Crippen LogP contribution in [0.2, 0.25) is 0 Å². The first kappa shape index (κ1) is 33.5. The van der Waals surface area contributed by atoms with E-state index in [1.54, 1.807) is 0 Å². The van der Waals surface area contributed by atoms with Crippen LogP contribution in [-0.4, -0.2) is 68.2 Å². The molecule has 0 aliphatic carbocycles. The van der Waals surface area contributed by atoms with Crippen LogP contribution in [0.4, 0.5) is 0 Å². The van der Waals surface area contributed by atoms with Gasteiger partial charge in [-0.3, -0.25) is 0 Å². The summed E-state index contributed by atoms with van der Waals surface area (Å²) in [6.45, 7) is 11.5. The number of aliphatic hydroxyl groups excluding tert-OH is 2. The van der Waals surface area contributed by atoms with Gasteiger partial charge in [0, 0.05) is 10.8 Å². The molecular formula is C39H46O7. The Kier molecular flexibility index (Phi) is 11.0. The van der Waals surface area contributed by atoms with Gasteiger partial charge >= 0.3 is 0 Å². The lowest BCUT2D eigenvalue weighted by molar-refractivity contribution is 0.0536. The second-order valence-electron chi connectivity index (χ2n) is 12.9. The van der Waals surface area contributed by atoms with Crippen LogP contribution >= 0.6 is 0 Å². The smallest absolute Gasteiger partial charge is 0.119 e. The third-order valence-corrected chi connectivity index (χ3v) is 8.55. The quantitative estimate of drug-likeness (QED) is 0.159. The van der Waals surface area contributed by atoms with Gasteiger partial charge < -0.3 is 33.9 Å². The van der Waals surface area contributed by atoms with Gasteiger partial charge in [-0.15, -0.1) is 0 Å². The fraction of sp³-hybridized carbons (Fsp3) is 0.385. The van der Waals surface area contributed by atoms with Gasteiger partial charge in [0.2, 0.25) is 0 Å². The maximum absolute atomic E-state index is 9.35. The molecule has 0 bridgehead atoms. The monoisotopic (exact) mass is 626 g/mol. The van der Waals surface area contributed by atoms with E-state index in [0.29, 0.717) is 25.1 Å². The molecule has 4 aromatic rings. The van der Waals surface area contributed by atoms with Crippen LogP contribution in [0.1, 0.15) is 49.9 Å². The topological polar surface area (TPSA) is 93.2 Å². The van der Waals surface area contributed by atoms with Crippen molar-refractivity contribution in [3.63, 3.8) is 0 Å². The Balaban J connectivity index is 0.000000187. The highest BCUT2D eigenvalue weighted by molar-refractivity contribution is 5.42. The van der Waals surface area contributed by atoms with Crippen LogP contribution < -0.4 is 14.2 Å². The summed E-state index contributed by atoms with van der Waals surface area (Å²) in [6, 6.07) is 34.9. The van der Waals surface area contributed by atoms with Gasteiger partial charge in [0.05, 0.1) is 19.8 Å². The lowest BCUT2D eigenvalue weighted by atomic mass is 9.78. The summed E-state index contributed by atoms with van der Waals surface area (Å²) in [5.74, 6) is 2.43. The van der Waals surface area contributed by atoms with Gasteiger partial charge in [0.1, 0.15) is 55.4 Å². The minimum absolute atomic E-state index is 0.000602. The zero-order valence-electron chi connectivity index (χ0n) is 27.2. The standard InChI is InChI=1S/C21H26O5.C18H20O2/c1-21(2,15-3-7-18(8-4-15)24-12-17(23)11-22)16-5-9-19(10-6-16)25-13-20-14-26-20;1-18(2,14-6-4-3-5-7-14)15-8-10-16(11-9-15)19-12-17-13-20-17/h3-10,17,20,22-23H,11-14H2,1-2H3;3-11,17H,12-13H2,1-2H3. The average molecular weight is 627 g/mol. The van der Waals surface area contributed by atoms with Crippen molar-refractivity contribution >= 4 is 0 Å². The molecule has 7 nitrogen and oxygen atoms in total. The van der Waals surface area contributed by atoms with Gasteiger partial charge in [0.15, 0.2) is 0 Å². The Morgan fingerprint density at radius 1 is 0.587 bits per heavy atom.